The first kappa shape index (κ1) is 26.8. The van der Waals surface area contributed by atoms with Gasteiger partial charge in [0.15, 0.2) is 5.16 Å². The minimum absolute atomic E-state index is 0.0969. The molecule has 38 heavy (non-hydrogen) atoms. The molecule has 0 atom stereocenters. The molecule has 0 radical (unpaired) electrons. The third-order valence-electron chi connectivity index (χ3n) is 7.40. The van der Waals surface area contributed by atoms with E-state index in [1.54, 1.807) is 11.8 Å². The maximum Gasteiger partial charge on any atom is 0.253 e. The Bertz CT molecular complexity index is 1240. The minimum Gasteiger partial charge on any atom is -0.368 e. The van der Waals surface area contributed by atoms with Gasteiger partial charge < -0.3 is 19.6 Å². The van der Waals surface area contributed by atoms with Crippen molar-refractivity contribution in [2.75, 3.05) is 68.7 Å². The van der Waals surface area contributed by atoms with E-state index in [4.69, 9.17) is 16.6 Å². The molecule has 3 aromatic rings. The zero-order chi connectivity index (χ0) is 26.5. The Hall–Kier alpha value is -2.81. The zero-order valence-corrected chi connectivity index (χ0v) is 23.7. The summed E-state index contributed by atoms with van der Waals surface area (Å²) in [7, 11) is 0. The number of likely N-dealkylation sites (N-methyl/N-ethyl adjacent to an activating group) is 1. The maximum atomic E-state index is 13.1. The van der Waals surface area contributed by atoms with Crippen LogP contribution in [0.5, 0.6) is 0 Å². The van der Waals surface area contributed by atoms with Crippen LogP contribution in [0.15, 0.2) is 59.8 Å². The summed E-state index contributed by atoms with van der Waals surface area (Å²) in [5.41, 5.74) is 4.39. The highest BCUT2D eigenvalue weighted by Crippen LogP contribution is 2.26. The molecule has 0 saturated carbocycles. The number of carbonyl (C=O) groups excluding carboxylic acids is 1. The third-order valence-corrected chi connectivity index (χ3v) is 8.51. The van der Waals surface area contributed by atoms with Gasteiger partial charge in [0.05, 0.1) is 0 Å². The van der Waals surface area contributed by atoms with Crippen LogP contribution in [0.1, 0.15) is 28.4 Å². The van der Waals surface area contributed by atoms with Crippen molar-refractivity contribution >= 4 is 40.8 Å². The second-order valence-corrected chi connectivity index (χ2v) is 11.1. The van der Waals surface area contributed by atoms with E-state index in [0.717, 1.165) is 75.8 Å². The zero-order valence-electron chi connectivity index (χ0n) is 22.1. The maximum absolute atomic E-state index is 13.1. The summed E-state index contributed by atoms with van der Waals surface area (Å²) in [6.07, 6.45) is 0. The molecular formula is C29H35ClN6OS. The van der Waals surface area contributed by atoms with E-state index in [0.29, 0.717) is 16.1 Å². The van der Waals surface area contributed by atoms with Crippen LogP contribution >= 0.6 is 23.4 Å². The SMILES string of the molecule is CCN1CCN(c2cc(Cl)nc(SCc3ccc(C(=O)N4CCN(c5ccccc5C)CC4)cc3)n2)CC1. The van der Waals surface area contributed by atoms with Gasteiger partial charge in [0.1, 0.15) is 11.0 Å². The fraction of sp³-hybridized carbons (Fsp3) is 0.414. The van der Waals surface area contributed by atoms with Gasteiger partial charge >= 0.3 is 0 Å². The standard InChI is InChI=1S/C29H35ClN6OS/c1-3-33-12-14-35(15-13-33)27-20-26(30)31-29(32-27)38-21-23-8-10-24(11-9-23)28(37)36-18-16-34(17-19-36)25-7-5-4-6-22(25)2/h4-11,20H,3,12-19,21H2,1-2H3. The number of piperazine rings is 2. The summed E-state index contributed by atoms with van der Waals surface area (Å²) < 4.78 is 0. The summed E-state index contributed by atoms with van der Waals surface area (Å²) in [4.78, 5) is 31.4. The molecule has 2 aliphatic heterocycles. The van der Waals surface area contributed by atoms with Gasteiger partial charge in [-0.15, -0.1) is 0 Å². The molecule has 1 amide bonds. The van der Waals surface area contributed by atoms with Crippen LogP contribution in [0.3, 0.4) is 0 Å². The number of amides is 1. The van der Waals surface area contributed by atoms with Crippen LogP contribution in [-0.4, -0.2) is 84.6 Å². The summed E-state index contributed by atoms with van der Waals surface area (Å²) in [5, 5.41) is 1.15. The van der Waals surface area contributed by atoms with Crippen molar-refractivity contribution in [3.8, 4) is 0 Å². The average molecular weight is 551 g/mol. The average Bonchev–Trinajstić information content (AvgIpc) is 2.96. The monoisotopic (exact) mass is 550 g/mol. The molecule has 2 aromatic carbocycles. The van der Waals surface area contributed by atoms with Gasteiger partial charge in [0.2, 0.25) is 0 Å². The number of nitrogens with zero attached hydrogens (tertiary/aromatic N) is 6. The van der Waals surface area contributed by atoms with Crippen LogP contribution in [-0.2, 0) is 5.75 Å². The number of halogens is 1. The van der Waals surface area contributed by atoms with Crippen LogP contribution in [0, 0.1) is 6.92 Å². The number of anilines is 2. The van der Waals surface area contributed by atoms with Gasteiger partial charge in [-0.2, -0.15) is 0 Å². The molecule has 2 saturated heterocycles. The Labute approximate surface area is 234 Å². The first-order valence-corrected chi connectivity index (χ1v) is 14.7. The Kier molecular flexibility index (Phi) is 8.72. The lowest BCUT2D eigenvalue weighted by Crippen LogP contribution is -2.49. The molecule has 0 N–H and O–H groups in total. The summed E-state index contributed by atoms with van der Waals surface area (Å²) >= 11 is 7.91. The normalized spacial score (nSPS) is 16.7. The second-order valence-electron chi connectivity index (χ2n) is 9.80. The van der Waals surface area contributed by atoms with Crippen molar-refractivity contribution < 1.29 is 4.79 Å². The van der Waals surface area contributed by atoms with E-state index >= 15 is 0 Å². The number of thioether (sulfide) groups is 1. The number of rotatable bonds is 7. The van der Waals surface area contributed by atoms with Crippen molar-refractivity contribution in [2.24, 2.45) is 0 Å². The smallest absolute Gasteiger partial charge is 0.253 e. The summed E-state index contributed by atoms with van der Waals surface area (Å²) in [6.45, 7) is 12.5. The van der Waals surface area contributed by atoms with Crippen molar-refractivity contribution in [3.05, 3.63) is 76.4 Å². The molecular weight excluding hydrogens is 516 g/mol. The molecule has 3 heterocycles. The number of aromatic nitrogens is 2. The quantitative estimate of drug-likeness (QED) is 0.237. The van der Waals surface area contributed by atoms with E-state index in [9.17, 15) is 4.79 Å². The largest absolute Gasteiger partial charge is 0.368 e. The van der Waals surface area contributed by atoms with E-state index in [2.05, 4.69) is 57.8 Å². The Balaban J connectivity index is 1.14. The highest BCUT2D eigenvalue weighted by Gasteiger charge is 2.23. The molecule has 7 nitrogen and oxygen atoms in total. The predicted molar refractivity (Wildman–Crippen MR) is 157 cm³/mol. The number of aryl methyl sites for hydroxylation is 1. The second kappa shape index (κ2) is 12.4. The lowest BCUT2D eigenvalue weighted by atomic mass is 10.1. The molecule has 9 heteroatoms. The van der Waals surface area contributed by atoms with E-state index < -0.39 is 0 Å². The summed E-state index contributed by atoms with van der Waals surface area (Å²) in [6, 6.07) is 18.2. The molecule has 2 fully saturated rings. The van der Waals surface area contributed by atoms with Gasteiger partial charge in [-0.3, -0.25) is 4.79 Å². The molecule has 0 aliphatic carbocycles. The Morgan fingerprint density at radius 2 is 1.58 bits per heavy atom. The number of hydrogen-bond acceptors (Lipinski definition) is 7. The molecule has 1 aromatic heterocycles. The lowest BCUT2D eigenvalue weighted by molar-refractivity contribution is 0.0747. The minimum atomic E-state index is 0.0969. The fourth-order valence-electron chi connectivity index (χ4n) is 5.05. The highest BCUT2D eigenvalue weighted by atomic mass is 35.5. The van der Waals surface area contributed by atoms with Crippen LogP contribution in [0.25, 0.3) is 0 Å². The van der Waals surface area contributed by atoms with Crippen LogP contribution < -0.4 is 9.80 Å². The number of para-hydroxylation sites is 1. The number of carbonyl (C=O) groups is 1. The van der Waals surface area contributed by atoms with Gasteiger partial charge in [-0.05, 0) is 42.8 Å². The van der Waals surface area contributed by atoms with Crippen LogP contribution in [0.4, 0.5) is 11.5 Å². The van der Waals surface area contributed by atoms with Gasteiger partial charge in [0, 0.05) is 75.4 Å². The molecule has 5 rings (SSSR count). The molecule has 0 unspecified atom stereocenters. The van der Waals surface area contributed by atoms with Gasteiger partial charge in [-0.25, -0.2) is 9.97 Å². The molecule has 200 valence electrons. The van der Waals surface area contributed by atoms with Crippen molar-refractivity contribution in [3.63, 3.8) is 0 Å². The predicted octanol–water partition coefficient (Wildman–Crippen LogP) is 4.84. The number of hydrogen-bond donors (Lipinski definition) is 0. The van der Waals surface area contributed by atoms with Crippen molar-refractivity contribution in [2.45, 2.75) is 24.8 Å². The Morgan fingerprint density at radius 3 is 2.26 bits per heavy atom. The van der Waals surface area contributed by atoms with Gasteiger partial charge in [-0.1, -0.05) is 60.6 Å². The van der Waals surface area contributed by atoms with Crippen molar-refractivity contribution in [1.82, 2.24) is 19.8 Å². The fourth-order valence-corrected chi connectivity index (χ4v) is 6.08. The first-order valence-electron chi connectivity index (χ1n) is 13.3. The topological polar surface area (TPSA) is 55.8 Å². The van der Waals surface area contributed by atoms with Gasteiger partial charge in [0.25, 0.3) is 5.91 Å². The van der Waals surface area contributed by atoms with E-state index in [-0.39, 0.29) is 5.91 Å². The highest BCUT2D eigenvalue weighted by molar-refractivity contribution is 7.98. The molecule has 2 aliphatic rings. The third kappa shape index (κ3) is 6.42. The van der Waals surface area contributed by atoms with Crippen molar-refractivity contribution in [1.29, 1.82) is 0 Å². The molecule has 0 bridgehead atoms. The summed E-state index contributed by atoms with van der Waals surface area (Å²) in [5.74, 6) is 1.71. The Morgan fingerprint density at radius 1 is 0.895 bits per heavy atom. The lowest BCUT2D eigenvalue weighted by Gasteiger charge is -2.36. The van der Waals surface area contributed by atoms with E-state index in [1.807, 2.05) is 35.2 Å². The van der Waals surface area contributed by atoms with E-state index in [1.165, 1.54) is 11.3 Å². The van der Waals surface area contributed by atoms with Crippen LogP contribution in [0.2, 0.25) is 5.15 Å². The number of benzene rings is 2. The molecule has 0 spiro atoms. The first-order chi connectivity index (χ1) is 18.5.